The predicted octanol–water partition coefficient (Wildman–Crippen LogP) is 3.92. The number of primary amides is 1. The summed E-state index contributed by atoms with van der Waals surface area (Å²) in [6.45, 7) is 0. The van der Waals surface area contributed by atoms with Crippen molar-refractivity contribution < 1.29 is 4.79 Å². The fourth-order valence-corrected chi connectivity index (χ4v) is 1.86. The average molecular weight is 271 g/mol. The quantitative estimate of drug-likeness (QED) is 0.676. The number of nitrogens with zero attached hydrogens (tertiary/aromatic N) is 2. The van der Waals surface area contributed by atoms with Gasteiger partial charge in [-0.2, -0.15) is 10.2 Å². The topological polar surface area (TPSA) is 67.8 Å². The molecule has 2 aromatic rings. The summed E-state index contributed by atoms with van der Waals surface area (Å²) >= 11 is 1.68. The summed E-state index contributed by atoms with van der Waals surface area (Å²) in [6, 6.07) is 14.5. The van der Waals surface area contributed by atoms with Crippen LogP contribution in [-0.4, -0.2) is 12.2 Å². The Morgan fingerprint density at radius 3 is 1.84 bits per heavy atom. The number of carbonyl (C=O) groups excluding carboxylic acids is 1. The van der Waals surface area contributed by atoms with Gasteiger partial charge in [-0.1, -0.05) is 0 Å². The Labute approximate surface area is 115 Å². The van der Waals surface area contributed by atoms with Crippen LogP contribution in [0.1, 0.15) is 10.4 Å². The Hall–Kier alpha value is -2.14. The van der Waals surface area contributed by atoms with E-state index in [-0.39, 0.29) is 0 Å². The summed E-state index contributed by atoms with van der Waals surface area (Å²) in [5.74, 6) is -0.448. The molecule has 0 unspecified atom stereocenters. The number of nitrogens with two attached hydrogens (primary N) is 1. The van der Waals surface area contributed by atoms with Crippen LogP contribution in [0.5, 0.6) is 0 Å². The van der Waals surface area contributed by atoms with Crippen LogP contribution in [0.4, 0.5) is 11.4 Å². The zero-order valence-corrected chi connectivity index (χ0v) is 11.2. The zero-order valence-electron chi connectivity index (χ0n) is 10.4. The molecule has 0 saturated heterocycles. The van der Waals surface area contributed by atoms with Gasteiger partial charge in [0.15, 0.2) is 0 Å². The first-order valence-corrected chi connectivity index (χ1v) is 6.87. The van der Waals surface area contributed by atoms with E-state index >= 15 is 0 Å². The Morgan fingerprint density at radius 2 is 1.42 bits per heavy atom. The van der Waals surface area contributed by atoms with E-state index in [1.165, 1.54) is 4.90 Å². The Balaban J connectivity index is 2.10. The van der Waals surface area contributed by atoms with E-state index in [0.29, 0.717) is 11.3 Å². The molecule has 19 heavy (non-hydrogen) atoms. The highest BCUT2D eigenvalue weighted by Crippen LogP contribution is 2.22. The molecular weight excluding hydrogens is 258 g/mol. The molecule has 0 radical (unpaired) electrons. The van der Waals surface area contributed by atoms with Gasteiger partial charge in [-0.25, -0.2) is 0 Å². The van der Waals surface area contributed by atoms with Crippen molar-refractivity contribution >= 4 is 29.0 Å². The summed E-state index contributed by atoms with van der Waals surface area (Å²) in [5, 5.41) is 8.22. The molecule has 0 aliphatic heterocycles. The smallest absolute Gasteiger partial charge is 0.248 e. The average Bonchev–Trinajstić information content (AvgIpc) is 2.46. The van der Waals surface area contributed by atoms with Gasteiger partial charge in [-0.3, -0.25) is 4.79 Å². The van der Waals surface area contributed by atoms with Gasteiger partial charge in [-0.15, -0.1) is 11.8 Å². The van der Waals surface area contributed by atoms with Gasteiger partial charge in [-0.05, 0) is 54.8 Å². The van der Waals surface area contributed by atoms with Crippen LogP contribution >= 0.6 is 11.8 Å². The summed E-state index contributed by atoms with van der Waals surface area (Å²) in [4.78, 5) is 12.1. The van der Waals surface area contributed by atoms with Crippen LogP contribution in [0.3, 0.4) is 0 Å². The molecule has 0 aromatic heterocycles. The number of carbonyl (C=O) groups is 1. The summed E-state index contributed by atoms with van der Waals surface area (Å²) in [6.07, 6.45) is 2.02. The number of thioether (sulfide) groups is 1. The van der Waals surface area contributed by atoms with E-state index in [4.69, 9.17) is 5.73 Å². The van der Waals surface area contributed by atoms with Crippen LogP contribution in [0.25, 0.3) is 0 Å². The Morgan fingerprint density at radius 1 is 0.947 bits per heavy atom. The molecule has 1 amide bonds. The second-order valence-corrected chi connectivity index (χ2v) is 4.69. The number of rotatable bonds is 4. The minimum atomic E-state index is -0.448. The van der Waals surface area contributed by atoms with Gasteiger partial charge in [0.05, 0.1) is 11.4 Å². The van der Waals surface area contributed by atoms with Gasteiger partial charge < -0.3 is 5.73 Å². The van der Waals surface area contributed by atoms with Crippen LogP contribution in [-0.2, 0) is 0 Å². The lowest BCUT2D eigenvalue weighted by Gasteiger charge is -1.97. The van der Waals surface area contributed by atoms with Crippen molar-refractivity contribution in [2.24, 2.45) is 16.0 Å². The lowest BCUT2D eigenvalue weighted by Crippen LogP contribution is -2.10. The number of hydrogen-bond donors (Lipinski definition) is 1. The number of hydrogen-bond acceptors (Lipinski definition) is 4. The van der Waals surface area contributed by atoms with Crippen LogP contribution < -0.4 is 5.73 Å². The summed E-state index contributed by atoms with van der Waals surface area (Å²) < 4.78 is 0. The molecule has 0 saturated carbocycles. The molecule has 96 valence electrons. The van der Waals surface area contributed by atoms with E-state index in [2.05, 4.69) is 10.2 Å². The van der Waals surface area contributed by atoms with Crippen molar-refractivity contribution in [1.29, 1.82) is 0 Å². The summed E-state index contributed by atoms with van der Waals surface area (Å²) in [7, 11) is 0. The fourth-order valence-electron chi connectivity index (χ4n) is 1.46. The third-order valence-electron chi connectivity index (χ3n) is 2.51. The van der Waals surface area contributed by atoms with Crippen molar-refractivity contribution in [2.45, 2.75) is 4.90 Å². The second-order valence-electron chi connectivity index (χ2n) is 3.81. The largest absolute Gasteiger partial charge is 0.366 e. The monoisotopic (exact) mass is 271 g/mol. The second kappa shape index (κ2) is 6.15. The van der Waals surface area contributed by atoms with E-state index in [9.17, 15) is 4.79 Å². The lowest BCUT2D eigenvalue weighted by atomic mass is 10.2. The zero-order chi connectivity index (χ0) is 13.7. The molecule has 2 N–H and O–H groups in total. The standard InChI is InChI=1S/C14H13N3OS/c1-19-13-8-6-12(7-9-13)17-16-11-4-2-10(3-5-11)14(15)18/h2-9H,1H3,(H2,15,18). The number of amides is 1. The molecule has 2 rings (SSSR count). The van der Waals surface area contributed by atoms with Gasteiger partial charge in [0.2, 0.25) is 5.91 Å². The van der Waals surface area contributed by atoms with Gasteiger partial charge in [0.25, 0.3) is 0 Å². The van der Waals surface area contributed by atoms with E-state index in [1.54, 1.807) is 36.0 Å². The maximum absolute atomic E-state index is 10.9. The van der Waals surface area contributed by atoms with Gasteiger partial charge in [0, 0.05) is 10.5 Å². The number of azo groups is 1. The first-order chi connectivity index (χ1) is 9.19. The Kier molecular flexibility index (Phi) is 4.30. The molecule has 5 heteroatoms. The molecular formula is C14H13N3OS. The van der Waals surface area contributed by atoms with Crippen molar-refractivity contribution in [2.75, 3.05) is 6.26 Å². The molecule has 0 spiro atoms. The molecule has 0 aliphatic rings. The third kappa shape index (κ3) is 3.66. The summed E-state index contributed by atoms with van der Waals surface area (Å²) in [5.41, 5.74) is 7.09. The first-order valence-electron chi connectivity index (χ1n) is 5.65. The molecule has 0 heterocycles. The van der Waals surface area contributed by atoms with Crippen LogP contribution in [0.2, 0.25) is 0 Å². The van der Waals surface area contributed by atoms with Gasteiger partial charge >= 0.3 is 0 Å². The molecule has 0 bridgehead atoms. The van der Waals surface area contributed by atoms with Crippen molar-refractivity contribution in [1.82, 2.24) is 0 Å². The van der Waals surface area contributed by atoms with Crippen molar-refractivity contribution in [3.8, 4) is 0 Å². The highest BCUT2D eigenvalue weighted by molar-refractivity contribution is 7.98. The number of benzene rings is 2. The lowest BCUT2D eigenvalue weighted by molar-refractivity contribution is 0.100. The molecule has 0 fully saturated rings. The van der Waals surface area contributed by atoms with Crippen LogP contribution in [0, 0.1) is 0 Å². The van der Waals surface area contributed by atoms with Gasteiger partial charge in [0.1, 0.15) is 0 Å². The Bertz CT molecular complexity index is 591. The molecule has 0 atom stereocenters. The predicted molar refractivity (Wildman–Crippen MR) is 77.4 cm³/mol. The van der Waals surface area contributed by atoms with Crippen molar-refractivity contribution in [3.05, 3.63) is 54.1 Å². The molecule has 2 aromatic carbocycles. The first kappa shape index (κ1) is 13.3. The highest BCUT2D eigenvalue weighted by atomic mass is 32.2. The maximum Gasteiger partial charge on any atom is 0.248 e. The van der Waals surface area contributed by atoms with E-state index in [1.807, 2.05) is 30.5 Å². The molecule has 4 nitrogen and oxygen atoms in total. The fraction of sp³-hybridized carbons (Fsp3) is 0.0714. The maximum atomic E-state index is 10.9. The molecule has 0 aliphatic carbocycles. The minimum absolute atomic E-state index is 0.448. The van der Waals surface area contributed by atoms with Crippen molar-refractivity contribution in [3.63, 3.8) is 0 Å². The minimum Gasteiger partial charge on any atom is -0.366 e. The van der Waals surface area contributed by atoms with E-state index < -0.39 is 5.91 Å². The SMILES string of the molecule is CSc1ccc(N=Nc2ccc(C(N)=O)cc2)cc1. The van der Waals surface area contributed by atoms with Crippen LogP contribution in [0.15, 0.2) is 63.7 Å². The van der Waals surface area contributed by atoms with E-state index in [0.717, 1.165) is 5.69 Å². The third-order valence-corrected chi connectivity index (χ3v) is 3.25. The highest BCUT2D eigenvalue weighted by Gasteiger charge is 1.98. The normalized spacial score (nSPS) is 10.8.